The van der Waals surface area contributed by atoms with Crippen LogP contribution >= 0.6 is 0 Å². The lowest BCUT2D eigenvalue weighted by atomic mass is 9.96. The molecule has 0 bridgehead atoms. The molecule has 0 spiro atoms. The molecule has 242 valence electrons. The first kappa shape index (κ1) is 32.3. The molecule has 3 amide bonds. The monoisotopic (exact) mass is 637 g/mol. The van der Waals surface area contributed by atoms with E-state index >= 15 is 0 Å². The van der Waals surface area contributed by atoms with E-state index in [0.717, 1.165) is 36.0 Å². The van der Waals surface area contributed by atoms with E-state index in [9.17, 15) is 32.8 Å². The van der Waals surface area contributed by atoms with Gasteiger partial charge in [-0.15, -0.1) is 0 Å². The Balaban J connectivity index is 1.43. The molecule has 3 N–H and O–H groups in total. The van der Waals surface area contributed by atoms with Gasteiger partial charge >= 0.3 is 5.97 Å². The van der Waals surface area contributed by atoms with Crippen LogP contribution < -0.4 is 21.5 Å². The smallest absolute Gasteiger partial charge is 0.330 e. The Morgan fingerprint density at radius 2 is 1.96 bits per heavy atom. The molecule has 1 aliphatic heterocycles. The third-order valence-corrected chi connectivity index (χ3v) is 7.96. The van der Waals surface area contributed by atoms with Crippen molar-refractivity contribution >= 4 is 29.4 Å². The van der Waals surface area contributed by atoms with Gasteiger partial charge in [0.05, 0.1) is 0 Å². The summed E-state index contributed by atoms with van der Waals surface area (Å²) in [5, 5.41) is 11.7. The van der Waals surface area contributed by atoms with Crippen molar-refractivity contribution in [3.05, 3.63) is 93.8 Å². The number of ether oxygens (including phenoxy) is 1. The number of hydrogen-bond acceptors (Lipinski definition) is 8. The second-order valence-electron chi connectivity index (χ2n) is 11.4. The summed E-state index contributed by atoms with van der Waals surface area (Å²) in [5.41, 5.74) is -0.784. The van der Waals surface area contributed by atoms with Crippen molar-refractivity contribution in [3.8, 4) is 0 Å². The Morgan fingerprint density at radius 3 is 2.61 bits per heavy atom. The van der Waals surface area contributed by atoms with Gasteiger partial charge in [-0.3, -0.25) is 19.2 Å². The Kier molecular flexibility index (Phi) is 10.0. The van der Waals surface area contributed by atoms with E-state index in [2.05, 4.69) is 21.1 Å². The highest BCUT2D eigenvalue weighted by atomic mass is 19.2. The molecule has 46 heavy (non-hydrogen) atoms. The summed E-state index contributed by atoms with van der Waals surface area (Å²) < 4.78 is 39.2. The van der Waals surface area contributed by atoms with Gasteiger partial charge in [0.1, 0.15) is 23.6 Å². The van der Waals surface area contributed by atoms with Crippen molar-refractivity contribution < 1.29 is 37.2 Å². The van der Waals surface area contributed by atoms with Crippen LogP contribution in [-0.4, -0.2) is 52.1 Å². The highest BCUT2D eigenvalue weighted by molar-refractivity contribution is 6.02. The summed E-state index contributed by atoms with van der Waals surface area (Å²) in [6, 6.07) is 5.15. The largest absolute Gasteiger partial charge is 0.459 e. The zero-order valence-corrected chi connectivity index (χ0v) is 25.0. The summed E-state index contributed by atoms with van der Waals surface area (Å²) in [4.78, 5) is 65.0. The molecule has 14 heteroatoms. The molecule has 3 atom stereocenters. The predicted molar refractivity (Wildman–Crippen MR) is 160 cm³/mol. The fourth-order valence-corrected chi connectivity index (χ4v) is 5.25. The van der Waals surface area contributed by atoms with E-state index in [1.54, 1.807) is 6.92 Å². The van der Waals surface area contributed by atoms with Gasteiger partial charge in [-0.05, 0) is 68.9 Å². The molecule has 3 heterocycles. The number of nitrogens with one attached hydrogen (secondary N) is 3. The molecule has 0 radical (unpaired) electrons. The molecular weight excluding hydrogens is 604 g/mol. The van der Waals surface area contributed by atoms with Crippen LogP contribution in [0.3, 0.4) is 0 Å². The lowest BCUT2D eigenvalue weighted by Crippen LogP contribution is -2.43. The number of aryl methyl sites for hydroxylation is 1. The first-order valence-electron chi connectivity index (χ1n) is 14.9. The Labute approximate surface area is 262 Å². The minimum atomic E-state index is -1.32. The quantitative estimate of drug-likeness (QED) is 0.202. The number of carbonyl (C=O) groups excluding carboxylic acids is 4. The zero-order valence-electron chi connectivity index (χ0n) is 25.0. The van der Waals surface area contributed by atoms with Crippen molar-refractivity contribution in [3.63, 3.8) is 0 Å². The Morgan fingerprint density at radius 1 is 1.15 bits per heavy atom. The Hall–Kier alpha value is -5.14. The van der Waals surface area contributed by atoms with E-state index in [-0.39, 0.29) is 41.8 Å². The minimum absolute atomic E-state index is 0.0650. The third-order valence-electron chi connectivity index (χ3n) is 7.96. The SMILES string of the molecule is Cc1cc(C(=O)Nc2cccn([C@@H](Cc3ccc(F)c(F)c3)C(=O)N[C@H](/C=C/C(=O)OC3CCC3)C[C@@H]3CCNC3=O)c2=O)no1. The van der Waals surface area contributed by atoms with Gasteiger partial charge in [-0.25, -0.2) is 13.6 Å². The van der Waals surface area contributed by atoms with Crippen LogP contribution in [0.1, 0.15) is 60.0 Å². The fraction of sp³-hybridized carbons (Fsp3) is 0.375. The minimum Gasteiger partial charge on any atom is -0.459 e. The van der Waals surface area contributed by atoms with Crippen LogP contribution in [0.2, 0.25) is 0 Å². The number of aromatic nitrogens is 2. The van der Waals surface area contributed by atoms with Crippen LogP contribution in [0.15, 0.2) is 64.1 Å². The van der Waals surface area contributed by atoms with E-state index in [4.69, 9.17) is 9.26 Å². The topological polar surface area (TPSA) is 162 Å². The van der Waals surface area contributed by atoms with Gasteiger partial charge in [0.15, 0.2) is 17.3 Å². The molecule has 1 aliphatic carbocycles. The van der Waals surface area contributed by atoms with Crippen LogP contribution in [0.25, 0.3) is 0 Å². The normalized spacial score (nSPS) is 17.6. The lowest BCUT2D eigenvalue weighted by Gasteiger charge is -2.25. The van der Waals surface area contributed by atoms with Crippen molar-refractivity contribution in [2.45, 2.75) is 63.6 Å². The second-order valence-corrected chi connectivity index (χ2v) is 11.4. The molecular formula is C32H33F2N5O7. The molecule has 3 aromatic rings. The lowest BCUT2D eigenvalue weighted by molar-refractivity contribution is -0.146. The van der Waals surface area contributed by atoms with Crippen molar-refractivity contribution in [2.75, 3.05) is 11.9 Å². The molecule has 5 rings (SSSR count). The first-order valence-corrected chi connectivity index (χ1v) is 14.9. The van der Waals surface area contributed by atoms with Gasteiger partial charge in [0, 0.05) is 43.3 Å². The molecule has 2 aliphatic rings. The van der Waals surface area contributed by atoms with Gasteiger partial charge < -0.3 is 29.8 Å². The number of rotatable bonds is 12. The summed E-state index contributed by atoms with van der Waals surface area (Å²) in [5.74, 6) is -4.47. The fourth-order valence-electron chi connectivity index (χ4n) is 5.25. The average Bonchev–Trinajstić information content (AvgIpc) is 3.63. The summed E-state index contributed by atoms with van der Waals surface area (Å²) in [6.07, 6.45) is 6.79. The number of nitrogens with zero attached hydrogens (tertiary/aromatic N) is 2. The molecule has 1 aromatic carbocycles. The molecule has 1 saturated heterocycles. The highest BCUT2D eigenvalue weighted by Crippen LogP contribution is 2.23. The summed E-state index contributed by atoms with van der Waals surface area (Å²) in [7, 11) is 0. The van der Waals surface area contributed by atoms with Gasteiger partial charge in [0.2, 0.25) is 11.8 Å². The van der Waals surface area contributed by atoms with Crippen molar-refractivity contribution in [2.24, 2.45) is 5.92 Å². The zero-order chi connectivity index (χ0) is 32.8. The van der Waals surface area contributed by atoms with E-state index < -0.39 is 53.0 Å². The number of anilines is 1. The molecule has 0 unspecified atom stereocenters. The van der Waals surface area contributed by atoms with Gasteiger partial charge in [0.25, 0.3) is 11.5 Å². The predicted octanol–water partition coefficient (Wildman–Crippen LogP) is 3.12. The van der Waals surface area contributed by atoms with Crippen LogP contribution in [0.5, 0.6) is 0 Å². The molecule has 1 saturated carbocycles. The van der Waals surface area contributed by atoms with E-state index in [1.807, 2.05) is 0 Å². The van der Waals surface area contributed by atoms with Crippen LogP contribution in [-0.2, 0) is 25.5 Å². The number of amides is 3. The third kappa shape index (κ3) is 7.92. The maximum Gasteiger partial charge on any atom is 0.330 e. The number of hydrogen-bond donors (Lipinski definition) is 3. The van der Waals surface area contributed by atoms with Crippen LogP contribution in [0.4, 0.5) is 14.5 Å². The van der Waals surface area contributed by atoms with Gasteiger partial charge in [-0.2, -0.15) is 0 Å². The first-order chi connectivity index (χ1) is 22.1. The number of pyridine rings is 1. The van der Waals surface area contributed by atoms with Crippen molar-refractivity contribution in [1.82, 2.24) is 20.4 Å². The number of carbonyl (C=O) groups is 4. The van der Waals surface area contributed by atoms with Crippen molar-refractivity contribution in [1.29, 1.82) is 0 Å². The molecule has 2 fully saturated rings. The number of esters is 1. The standard InChI is InChI=1S/C32H33F2N5O7/c1-18-14-26(38-46-18)30(42)37-25-6-3-13-39(32(25)44)27(16-19-7-9-23(33)24(34)15-19)31(43)36-21(17-20-11-12-35-29(20)41)8-10-28(40)45-22-4-2-5-22/h3,6-10,13-15,20-22,27H,2,4-5,11-12,16-17H2,1H3,(H,35,41)(H,36,43)(H,37,42)/b10-8+/t20-,21+,27-/m0/s1. The number of benzene rings is 1. The Bertz CT molecular complexity index is 1710. The molecule has 2 aromatic heterocycles. The van der Waals surface area contributed by atoms with Gasteiger partial charge in [-0.1, -0.05) is 17.3 Å². The average molecular weight is 638 g/mol. The second kappa shape index (κ2) is 14.3. The summed E-state index contributed by atoms with van der Waals surface area (Å²) >= 11 is 0. The maximum absolute atomic E-state index is 14.2. The summed E-state index contributed by atoms with van der Waals surface area (Å²) in [6.45, 7) is 2.07. The maximum atomic E-state index is 14.2. The van der Waals surface area contributed by atoms with Crippen LogP contribution in [0, 0.1) is 24.5 Å². The number of halogens is 2. The highest BCUT2D eigenvalue weighted by Gasteiger charge is 2.30. The molecule has 12 nitrogen and oxygen atoms in total. The van der Waals surface area contributed by atoms with E-state index in [1.165, 1.54) is 42.6 Å². The van der Waals surface area contributed by atoms with E-state index in [0.29, 0.717) is 18.7 Å².